The number of hydrogen-bond donors (Lipinski definition) is 1. The molecule has 0 aliphatic heterocycles. The van der Waals surface area contributed by atoms with Crippen LogP contribution in [0.2, 0.25) is 0 Å². The monoisotopic (exact) mass is 225 g/mol. The lowest BCUT2D eigenvalue weighted by molar-refractivity contribution is -0.384. The first-order valence-electron chi connectivity index (χ1n) is 4.82. The molecule has 2 N–H and O–H groups in total. The van der Waals surface area contributed by atoms with Gasteiger partial charge < -0.3 is 15.4 Å². The molecular weight excluding hydrogens is 210 g/mol. The fourth-order valence-electron chi connectivity index (χ4n) is 1.10. The molecule has 0 aliphatic carbocycles. The number of anilines is 1. The zero-order chi connectivity index (χ0) is 12.1. The molecule has 6 heteroatoms. The van der Waals surface area contributed by atoms with Gasteiger partial charge in [0.25, 0.3) is 5.69 Å². The minimum atomic E-state index is -0.474. The van der Waals surface area contributed by atoms with Crippen LogP contribution < -0.4 is 10.5 Å². The summed E-state index contributed by atoms with van der Waals surface area (Å²) in [7, 11) is 3.83. The molecule has 0 radical (unpaired) electrons. The Hall–Kier alpha value is -1.82. The van der Waals surface area contributed by atoms with Crippen LogP contribution in [0.25, 0.3) is 0 Å². The van der Waals surface area contributed by atoms with Crippen molar-refractivity contribution >= 4 is 11.4 Å². The van der Waals surface area contributed by atoms with E-state index in [0.717, 1.165) is 6.54 Å². The zero-order valence-corrected chi connectivity index (χ0v) is 9.34. The second kappa shape index (κ2) is 5.32. The predicted molar refractivity (Wildman–Crippen MR) is 61.6 cm³/mol. The second-order valence-corrected chi connectivity index (χ2v) is 3.63. The van der Waals surface area contributed by atoms with Crippen LogP contribution in [0.15, 0.2) is 18.2 Å². The van der Waals surface area contributed by atoms with E-state index >= 15 is 0 Å². The number of nitro groups is 1. The minimum Gasteiger partial charge on any atom is -0.490 e. The van der Waals surface area contributed by atoms with Crippen molar-refractivity contribution in [3.63, 3.8) is 0 Å². The van der Waals surface area contributed by atoms with E-state index in [1.165, 1.54) is 18.2 Å². The number of nitrogens with two attached hydrogens (primary N) is 1. The number of nitrogens with zero attached hydrogens (tertiary/aromatic N) is 2. The number of rotatable bonds is 5. The van der Waals surface area contributed by atoms with Gasteiger partial charge in [-0.2, -0.15) is 0 Å². The Labute approximate surface area is 93.8 Å². The zero-order valence-electron chi connectivity index (χ0n) is 9.34. The molecule has 0 bridgehead atoms. The summed E-state index contributed by atoms with van der Waals surface area (Å²) in [6.07, 6.45) is 0. The molecule has 0 heterocycles. The summed E-state index contributed by atoms with van der Waals surface area (Å²) in [5.41, 5.74) is 6.03. The number of hydrogen-bond acceptors (Lipinski definition) is 5. The van der Waals surface area contributed by atoms with Gasteiger partial charge in [0.05, 0.1) is 16.7 Å². The molecule has 0 atom stereocenters. The number of nitro benzene ring substituents is 1. The maximum Gasteiger partial charge on any atom is 0.273 e. The fourth-order valence-corrected chi connectivity index (χ4v) is 1.10. The van der Waals surface area contributed by atoms with Crippen molar-refractivity contribution in [2.45, 2.75) is 0 Å². The number of nitrogen functional groups attached to an aromatic ring is 1. The van der Waals surface area contributed by atoms with Gasteiger partial charge >= 0.3 is 0 Å². The lowest BCUT2D eigenvalue weighted by Gasteiger charge is -2.12. The van der Waals surface area contributed by atoms with Crippen molar-refractivity contribution in [1.29, 1.82) is 0 Å². The highest BCUT2D eigenvalue weighted by Crippen LogP contribution is 2.26. The van der Waals surface area contributed by atoms with Crippen LogP contribution in [0.5, 0.6) is 5.75 Å². The third kappa shape index (κ3) is 3.39. The van der Waals surface area contributed by atoms with Gasteiger partial charge in [-0.05, 0) is 20.2 Å². The summed E-state index contributed by atoms with van der Waals surface area (Å²) in [6.45, 7) is 1.17. The fraction of sp³-hybridized carbons (Fsp3) is 0.400. The average molecular weight is 225 g/mol. The van der Waals surface area contributed by atoms with Gasteiger partial charge in [-0.15, -0.1) is 0 Å². The summed E-state index contributed by atoms with van der Waals surface area (Å²) in [5, 5.41) is 10.5. The molecule has 0 unspecified atom stereocenters. The van der Waals surface area contributed by atoms with Crippen molar-refractivity contribution in [1.82, 2.24) is 4.90 Å². The van der Waals surface area contributed by atoms with Crippen molar-refractivity contribution in [3.8, 4) is 5.75 Å². The van der Waals surface area contributed by atoms with E-state index < -0.39 is 4.92 Å². The van der Waals surface area contributed by atoms with E-state index in [1.54, 1.807) is 0 Å². The minimum absolute atomic E-state index is 0.0194. The molecule has 16 heavy (non-hydrogen) atoms. The van der Waals surface area contributed by atoms with Crippen LogP contribution in [-0.2, 0) is 0 Å². The first-order chi connectivity index (χ1) is 7.50. The van der Waals surface area contributed by atoms with Gasteiger partial charge in [-0.25, -0.2) is 0 Å². The van der Waals surface area contributed by atoms with Gasteiger partial charge in [0.1, 0.15) is 12.4 Å². The Kier molecular flexibility index (Phi) is 4.07. The summed E-state index contributed by atoms with van der Waals surface area (Å²) in [4.78, 5) is 12.0. The van der Waals surface area contributed by atoms with Crippen molar-refractivity contribution in [2.24, 2.45) is 0 Å². The Morgan fingerprint density at radius 2 is 2.19 bits per heavy atom. The van der Waals surface area contributed by atoms with Crippen LogP contribution in [0, 0.1) is 10.1 Å². The molecule has 0 spiro atoms. The standard InChI is InChI=1S/C10H15N3O3/c1-12(2)5-6-16-10-7-8(13(14)15)3-4-9(10)11/h3-4,7H,5-6,11H2,1-2H3. The molecule has 0 saturated heterocycles. The van der Waals surface area contributed by atoms with Crippen LogP contribution in [0.3, 0.4) is 0 Å². The van der Waals surface area contributed by atoms with Gasteiger partial charge in [-0.1, -0.05) is 0 Å². The van der Waals surface area contributed by atoms with Crippen LogP contribution in [0.1, 0.15) is 0 Å². The van der Waals surface area contributed by atoms with E-state index in [2.05, 4.69) is 0 Å². The highest BCUT2D eigenvalue weighted by Gasteiger charge is 2.09. The maximum absolute atomic E-state index is 10.5. The highest BCUT2D eigenvalue weighted by atomic mass is 16.6. The molecule has 1 rings (SSSR count). The molecule has 0 aliphatic rings. The Bertz CT molecular complexity index is 380. The third-order valence-electron chi connectivity index (χ3n) is 2.00. The van der Waals surface area contributed by atoms with Crippen LogP contribution in [0.4, 0.5) is 11.4 Å². The second-order valence-electron chi connectivity index (χ2n) is 3.63. The molecule has 1 aromatic carbocycles. The average Bonchev–Trinajstić information content (AvgIpc) is 2.20. The molecule has 6 nitrogen and oxygen atoms in total. The van der Waals surface area contributed by atoms with E-state index in [9.17, 15) is 10.1 Å². The largest absolute Gasteiger partial charge is 0.490 e. The van der Waals surface area contributed by atoms with Crippen molar-refractivity contribution < 1.29 is 9.66 Å². The van der Waals surface area contributed by atoms with Gasteiger partial charge in [0, 0.05) is 12.6 Å². The molecule has 0 aromatic heterocycles. The summed E-state index contributed by atoms with van der Waals surface area (Å²) >= 11 is 0. The molecule has 88 valence electrons. The summed E-state index contributed by atoms with van der Waals surface area (Å²) in [6, 6.07) is 4.17. The molecule has 0 amide bonds. The highest BCUT2D eigenvalue weighted by molar-refractivity contribution is 5.57. The van der Waals surface area contributed by atoms with Gasteiger partial charge in [0.2, 0.25) is 0 Å². The molecular formula is C10H15N3O3. The summed E-state index contributed by atoms with van der Waals surface area (Å²) < 4.78 is 5.37. The number of benzene rings is 1. The molecule has 0 saturated carbocycles. The van der Waals surface area contributed by atoms with Crippen LogP contribution >= 0.6 is 0 Å². The topological polar surface area (TPSA) is 81.6 Å². The van der Waals surface area contributed by atoms with Crippen molar-refractivity contribution in [3.05, 3.63) is 28.3 Å². The van der Waals surface area contributed by atoms with Gasteiger partial charge in [0.15, 0.2) is 0 Å². The lowest BCUT2D eigenvalue weighted by atomic mass is 10.2. The molecule has 1 aromatic rings. The SMILES string of the molecule is CN(C)CCOc1cc([N+](=O)[O-])ccc1N. The predicted octanol–water partition coefficient (Wildman–Crippen LogP) is 1.12. The van der Waals surface area contributed by atoms with E-state index in [4.69, 9.17) is 10.5 Å². The lowest BCUT2D eigenvalue weighted by Crippen LogP contribution is -2.19. The van der Waals surface area contributed by atoms with E-state index in [0.29, 0.717) is 18.0 Å². The van der Waals surface area contributed by atoms with Crippen LogP contribution in [-0.4, -0.2) is 37.1 Å². The van der Waals surface area contributed by atoms with E-state index in [-0.39, 0.29) is 5.69 Å². The third-order valence-corrected chi connectivity index (χ3v) is 2.00. The Morgan fingerprint density at radius 1 is 1.50 bits per heavy atom. The first-order valence-corrected chi connectivity index (χ1v) is 4.82. The molecule has 0 fully saturated rings. The van der Waals surface area contributed by atoms with Gasteiger partial charge in [-0.3, -0.25) is 10.1 Å². The van der Waals surface area contributed by atoms with Crippen molar-refractivity contribution in [2.75, 3.05) is 33.0 Å². The maximum atomic E-state index is 10.5. The normalized spacial score (nSPS) is 10.4. The number of ether oxygens (including phenoxy) is 1. The number of likely N-dealkylation sites (N-methyl/N-ethyl adjacent to an activating group) is 1. The number of non-ortho nitro benzene ring substituents is 1. The Balaban J connectivity index is 2.70. The quantitative estimate of drug-likeness (QED) is 0.461. The smallest absolute Gasteiger partial charge is 0.273 e. The van der Waals surface area contributed by atoms with E-state index in [1.807, 2.05) is 19.0 Å². The Morgan fingerprint density at radius 3 is 2.75 bits per heavy atom. The first kappa shape index (κ1) is 12.3. The summed E-state index contributed by atoms with van der Waals surface area (Å²) in [5.74, 6) is 0.357.